The Morgan fingerprint density at radius 1 is 0.696 bits per heavy atom. The van der Waals surface area contributed by atoms with E-state index in [9.17, 15) is 14.4 Å². The molecule has 4 bridgehead atoms. The highest BCUT2D eigenvalue weighted by molar-refractivity contribution is 6.31. The molecule has 6 nitrogen and oxygen atoms in total. The summed E-state index contributed by atoms with van der Waals surface area (Å²) < 4.78 is 0. The molecule has 0 spiro atoms. The summed E-state index contributed by atoms with van der Waals surface area (Å²) in [7, 11) is 0. The van der Waals surface area contributed by atoms with Crippen molar-refractivity contribution < 1.29 is 14.4 Å². The van der Waals surface area contributed by atoms with E-state index in [1.165, 1.54) is 0 Å². The van der Waals surface area contributed by atoms with Crippen LogP contribution in [0.2, 0.25) is 15.1 Å². The summed E-state index contributed by atoms with van der Waals surface area (Å²) in [6.45, 7) is 4.00. The molecule has 244 valence electrons. The van der Waals surface area contributed by atoms with Gasteiger partial charge in [-0.1, -0.05) is 60.8 Å². The zero-order chi connectivity index (χ0) is 32.2. The molecule has 0 radical (unpaired) electrons. The summed E-state index contributed by atoms with van der Waals surface area (Å²) in [4.78, 5) is 37.4. The van der Waals surface area contributed by atoms with Gasteiger partial charge in [0.2, 0.25) is 11.8 Å². The Bertz CT molecular complexity index is 1600. The Kier molecular flexibility index (Phi) is 9.64. The van der Waals surface area contributed by atoms with E-state index in [1.54, 1.807) is 48.5 Å². The van der Waals surface area contributed by atoms with Crippen molar-refractivity contribution in [1.82, 2.24) is 0 Å². The van der Waals surface area contributed by atoms with Gasteiger partial charge in [-0.2, -0.15) is 0 Å². The number of nitrogens with one attached hydrogen (secondary N) is 2. The van der Waals surface area contributed by atoms with E-state index in [0.717, 1.165) is 49.9 Å². The van der Waals surface area contributed by atoms with Gasteiger partial charge in [-0.25, -0.2) is 0 Å². The molecule has 2 unspecified atom stereocenters. The maximum Gasteiger partial charge on any atom is 0.227 e. The fourth-order valence-electron chi connectivity index (χ4n) is 8.37. The minimum atomic E-state index is -0.0728. The molecule has 6 aliphatic carbocycles. The van der Waals surface area contributed by atoms with Crippen molar-refractivity contribution in [2.75, 3.05) is 10.6 Å². The standard InChI is InChI=1S/C22H21Cl2NO2.C14H17ClN2O.ClH/c1-14(20(27)25-18-7-5-16(23)6-8-18)22-11-21(12-22,13-22)10-19(26)15-3-2-4-17(24)9-15;1-9(13-6-14(16,7-13)8-13)12(18)17-11-4-2-10(15)3-5-11;/h2-9,14H,10-13H2,1H3,(H,25,27);2-5,9H,6-8,16H2,1H3,(H,17,18);1H. The summed E-state index contributed by atoms with van der Waals surface area (Å²) in [6, 6.07) is 21.5. The maximum atomic E-state index is 12.6. The van der Waals surface area contributed by atoms with Crippen molar-refractivity contribution in [3.63, 3.8) is 0 Å². The van der Waals surface area contributed by atoms with Gasteiger partial charge < -0.3 is 16.4 Å². The highest BCUT2D eigenvalue weighted by Gasteiger charge is 2.70. The molecular weight excluding hydrogens is 664 g/mol. The molecule has 10 heteroatoms. The van der Waals surface area contributed by atoms with Crippen molar-refractivity contribution in [3.8, 4) is 0 Å². The normalized spacial score (nSPS) is 28.9. The van der Waals surface area contributed by atoms with Crippen molar-refractivity contribution in [3.05, 3.63) is 93.4 Å². The number of halogens is 4. The summed E-state index contributed by atoms with van der Waals surface area (Å²) in [5.41, 5.74) is 8.61. The molecule has 3 aromatic rings. The average molecular weight is 704 g/mol. The second kappa shape index (κ2) is 12.8. The van der Waals surface area contributed by atoms with Crippen LogP contribution in [0, 0.1) is 28.1 Å². The van der Waals surface area contributed by atoms with E-state index in [2.05, 4.69) is 10.6 Å². The van der Waals surface area contributed by atoms with Gasteiger partial charge >= 0.3 is 0 Å². The van der Waals surface area contributed by atoms with E-state index in [0.29, 0.717) is 27.1 Å². The fourth-order valence-corrected chi connectivity index (χ4v) is 8.81. The summed E-state index contributed by atoms with van der Waals surface area (Å²) in [6.07, 6.45) is 6.37. The van der Waals surface area contributed by atoms with Gasteiger partial charge in [0.25, 0.3) is 0 Å². The fraction of sp³-hybridized carbons (Fsp3) is 0.417. The second-order valence-electron chi connectivity index (χ2n) is 14.2. The second-order valence-corrected chi connectivity index (χ2v) is 15.5. The molecular formula is C36H39Cl4N3O3. The van der Waals surface area contributed by atoms with Gasteiger partial charge in [0, 0.05) is 55.8 Å². The highest BCUT2D eigenvalue weighted by atomic mass is 35.5. The van der Waals surface area contributed by atoms with Gasteiger partial charge in [-0.3, -0.25) is 14.4 Å². The lowest BCUT2D eigenvalue weighted by Crippen LogP contribution is -2.75. The summed E-state index contributed by atoms with van der Waals surface area (Å²) in [5, 5.41) is 7.82. The lowest BCUT2D eigenvalue weighted by atomic mass is 9.31. The van der Waals surface area contributed by atoms with Crippen LogP contribution in [0.3, 0.4) is 0 Å². The van der Waals surface area contributed by atoms with Crippen LogP contribution in [0.4, 0.5) is 11.4 Å². The predicted molar refractivity (Wildman–Crippen MR) is 188 cm³/mol. The first kappa shape index (κ1) is 34.7. The molecule has 4 N–H and O–H groups in total. The Hall–Kier alpha value is -2.61. The van der Waals surface area contributed by atoms with E-state index in [4.69, 9.17) is 40.5 Å². The van der Waals surface area contributed by atoms with Crippen LogP contribution in [0.25, 0.3) is 0 Å². The molecule has 2 amide bonds. The Balaban J connectivity index is 0.000000191. The van der Waals surface area contributed by atoms with Crippen molar-refractivity contribution >= 4 is 76.2 Å². The SMILES string of the molecule is CC(C(=O)Nc1ccc(Cl)cc1)C12CC(CC(=O)c3cccc(Cl)c3)(C1)C2.CC(C(=O)Nc1ccc(Cl)cc1)C12CC(N)(C1)C2.Cl. The number of anilines is 2. The molecule has 46 heavy (non-hydrogen) atoms. The van der Waals surface area contributed by atoms with Crippen molar-refractivity contribution in [1.29, 1.82) is 0 Å². The molecule has 6 aliphatic rings. The highest BCUT2D eigenvalue weighted by Crippen LogP contribution is 2.77. The number of ketones is 1. The maximum absolute atomic E-state index is 12.6. The van der Waals surface area contributed by atoms with Crippen LogP contribution in [-0.4, -0.2) is 23.1 Å². The Morgan fingerprint density at radius 2 is 1.13 bits per heavy atom. The molecule has 9 rings (SSSR count). The minimum absolute atomic E-state index is 0. The average Bonchev–Trinajstić information content (AvgIpc) is 2.94. The third-order valence-corrected chi connectivity index (χ3v) is 11.6. The molecule has 0 saturated heterocycles. The zero-order valence-corrected chi connectivity index (χ0v) is 29.0. The lowest BCUT2D eigenvalue weighted by molar-refractivity contribution is -0.226. The smallest absolute Gasteiger partial charge is 0.227 e. The minimum Gasteiger partial charge on any atom is -0.326 e. The monoisotopic (exact) mass is 701 g/mol. The Labute approximate surface area is 291 Å². The molecule has 3 aromatic carbocycles. The quantitative estimate of drug-likeness (QED) is 0.194. The largest absolute Gasteiger partial charge is 0.326 e. The van der Waals surface area contributed by atoms with Crippen LogP contribution in [0.1, 0.15) is 69.2 Å². The van der Waals surface area contributed by atoms with Crippen molar-refractivity contribution in [2.24, 2.45) is 33.8 Å². The van der Waals surface area contributed by atoms with Crippen LogP contribution in [-0.2, 0) is 9.59 Å². The first-order chi connectivity index (χ1) is 21.2. The molecule has 0 aliphatic heterocycles. The molecule has 0 aromatic heterocycles. The molecule has 2 atom stereocenters. The number of nitrogens with two attached hydrogens (primary N) is 1. The van der Waals surface area contributed by atoms with Crippen LogP contribution in [0.5, 0.6) is 0 Å². The number of benzene rings is 3. The van der Waals surface area contributed by atoms with Gasteiger partial charge in [-0.05, 0) is 115 Å². The number of hydrogen-bond acceptors (Lipinski definition) is 4. The molecule has 6 fully saturated rings. The number of carbonyl (C=O) groups is 3. The van der Waals surface area contributed by atoms with E-state index in [-0.39, 0.29) is 63.6 Å². The van der Waals surface area contributed by atoms with Gasteiger partial charge in [0.05, 0.1) is 0 Å². The predicted octanol–water partition coefficient (Wildman–Crippen LogP) is 9.23. The third kappa shape index (κ3) is 6.70. The summed E-state index contributed by atoms with van der Waals surface area (Å²) >= 11 is 17.7. The van der Waals surface area contributed by atoms with E-state index in [1.807, 2.05) is 38.1 Å². The number of carbonyl (C=O) groups excluding carboxylic acids is 3. The van der Waals surface area contributed by atoms with E-state index >= 15 is 0 Å². The topological polar surface area (TPSA) is 101 Å². The van der Waals surface area contributed by atoms with Gasteiger partial charge in [0.15, 0.2) is 5.78 Å². The number of rotatable bonds is 9. The van der Waals surface area contributed by atoms with E-state index < -0.39 is 0 Å². The van der Waals surface area contributed by atoms with Crippen LogP contribution < -0.4 is 16.4 Å². The molecule has 0 heterocycles. The summed E-state index contributed by atoms with van der Waals surface area (Å²) in [5.74, 6) is 0.213. The number of amides is 2. The zero-order valence-electron chi connectivity index (χ0n) is 25.9. The lowest BCUT2D eigenvalue weighted by Gasteiger charge is -2.73. The first-order valence-corrected chi connectivity index (χ1v) is 16.6. The van der Waals surface area contributed by atoms with Crippen molar-refractivity contribution in [2.45, 2.75) is 64.3 Å². The number of Topliss-reactive ketones (excluding diaryl/α,β-unsaturated/α-hetero) is 1. The Morgan fingerprint density at radius 3 is 1.54 bits per heavy atom. The van der Waals surface area contributed by atoms with Gasteiger partial charge in [0.1, 0.15) is 0 Å². The number of hydrogen-bond donors (Lipinski definition) is 3. The molecule has 6 saturated carbocycles. The third-order valence-electron chi connectivity index (χ3n) is 10.8. The van der Waals surface area contributed by atoms with Crippen LogP contribution >= 0.6 is 47.2 Å². The first-order valence-electron chi connectivity index (χ1n) is 15.4. The van der Waals surface area contributed by atoms with Crippen LogP contribution in [0.15, 0.2) is 72.8 Å². The van der Waals surface area contributed by atoms with Gasteiger partial charge in [-0.15, -0.1) is 12.4 Å².